The van der Waals surface area contributed by atoms with Crippen LogP contribution in [0.3, 0.4) is 0 Å². The molecule has 0 amide bonds. The van der Waals surface area contributed by atoms with E-state index in [0.717, 1.165) is 10.9 Å². The van der Waals surface area contributed by atoms with Crippen LogP contribution in [0.25, 0.3) is 10.9 Å². The first kappa shape index (κ1) is 12.8. The van der Waals surface area contributed by atoms with Crippen molar-refractivity contribution in [3.05, 3.63) is 30.5 Å². The van der Waals surface area contributed by atoms with Gasteiger partial charge in [0.05, 0.1) is 18.2 Å². The van der Waals surface area contributed by atoms with E-state index in [1.165, 1.54) is 0 Å². The van der Waals surface area contributed by atoms with Crippen LogP contribution in [0, 0.1) is 5.92 Å². The quantitative estimate of drug-likeness (QED) is 0.879. The highest BCUT2D eigenvalue weighted by atomic mass is 16.5. The van der Waals surface area contributed by atoms with Crippen LogP contribution < -0.4 is 5.32 Å². The molecule has 0 saturated heterocycles. The molecule has 2 aromatic rings. The van der Waals surface area contributed by atoms with E-state index in [4.69, 9.17) is 4.74 Å². The predicted octanol–water partition coefficient (Wildman–Crippen LogP) is 2.71. The molecule has 1 heterocycles. The van der Waals surface area contributed by atoms with Crippen LogP contribution >= 0.6 is 0 Å². The highest BCUT2D eigenvalue weighted by molar-refractivity contribution is 5.78. The molecular formula is C14H19N3O. The van der Waals surface area contributed by atoms with Gasteiger partial charge in [0.25, 0.3) is 0 Å². The van der Waals surface area contributed by atoms with Gasteiger partial charge in [-0.1, -0.05) is 32.0 Å². The molecule has 1 aromatic carbocycles. The Morgan fingerprint density at radius 3 is 2.78 bits per heavy atom. The Labute approximate surface area is 107 Å². The van der Waals surface area contributed by atoms with Crippen molar-refractivity contribution in [3.8, 4) is 0 Å². The van der Waals surface area contributed by atoms with Crippen molar-refractivity contribution in [2.24, 2.45) is 5.92 Å². The summed E-state index contributed by atoms with van der Waals surface area (Å²) in [5, 5.41) is 4.38. The van der Waals surface area contributed by atoms with E-state index < -0.39 is 0 Å². The second-order valence-electron chi connectivity index (χ2n) is 4.70. The highest BCUT2D eigenvalue weighted by Gasteiger charge is 2.14. The Morgan fingerprint density at radius 1 is 1.28 bits per heavy atom. The average molecular weight is 245 g/mol. The fourth-order valence-corrected chi connectivity index (χ4v) is 1.79. The lowest BCUT2D eigenvalue weighted by Gasteiger charge is -2.21. The van der Waals surface area contributed by atoms with Crippen LogP contribution in [0.2, 0.25) is 0 Å². The minimum absolute atomic E-state index is 0.219. The van der Waals surface area contributed by atoms with Crippen LogP contribution in [0.1, 0.15) is 13.8 Å². The Bertz CT molecular complexity index is 513. The second kappa shape index (κ2) is 5.78. The molecule has 1 atom stereocenters. The molecule has 2 rings (SSSR count). The molecule has 96 valence electrons. The molecule has 0 fully saturated rings. The van der Waals surface area contributed by atoms with Gasteiger partial charge in [0.15, 0.2) is 0 Å². The van der Waals surface area contributed by atoms with E-state index in [0.29, 0.717) is 18.5 Å². The number of ether oxygens (including phenoxy) is 1. The van der Waals surface area contributed by atoms with Crippen LogP contribution in [0.5, 0.6) is 0 Å². The molecule has 18 heavy (non-hydrogen) atoms. The lowest BCUT2D eigenvalue weighted by Crippen LogP contribution is -2.31. The number of hydrogen-bond donors (Lipinski definition) is 1. The summed E-state index contributed by atoms with van der Waals surface area (Å²) in [7, 11) is 1.71. The van der Waals surface area contributed by atoms with E-state index in [1.807, 2.05) is 30.5 Å². The molecule has 1 N–H and O–H groups in total. The zero-order valence-electron chi connectivity index (χ0n) is 11.1. The van der Waals surface area contributed by atoms with Gasteiger partial charge in [-0.2, -0.15) is 0 Å². The summed E-state index contributed by atoms with van der Waals surface area (Å²) in [6, 6.07) is 8.18. The van der Waals surface area contributed by atoms with Crippen molar-refractivity contribution in [2.45, 2.75) is 19.9 Å². The summed E-state index contributed by atoms with van der Waals surface area (Å²) < 4.78 is 5.21. The molecule has 1 unspecified atom stereocenters. The van der Waals surface area contributed by atoms with Gasteiger partial charge in [-0.05, 0) is 12.0 Å². The van der Waals surface area contributed by atoms with Gasteiger partial charge < -0.3 is 10.1 Å². The summed E-state index contributed by atoms with van der Waals surface area (Å²) >= 11 is 0. The first-order valence-corrected chi connectivity index (χ1v) is 6.18. The van der Waals surface area contributed by atoms with Gasteiger partial charge in [-0.3, -0.25) is 0 Å². The lowest BCUT2D eigenvalue weighted by molar-refractivity contribution is 0.171. The summed E-state index contributed by atoms with van der Waals surface area (Å²) in [6.45, 7) is 4.95. The molecule has 4 heteroatoms. The van der Waals surface area contributed by atoms with Crippen LogP contribution in [0.4, 0.5) is 5.95 Å². The first-order valence-electron chi connectivity index (χ1n) is 6.18. The normalized spacial score (nSPS) is 12.9. The molecule has 4 nitrogen and oxygen atoms in total. The number of aromatic nitrogens is 2. The van der Waals surface area contributed by atoms with E-state index in [-0.39, 0.29) is 6.04 Å². The van der Waals surface area contributed by atoms with Crippen molar-refractivity contribution < 1.29 is 4.74 Å². The number of rotatable bonds is 5. The Morgan fingerprint density at radius 2 is 2.06 bits per heavy atom. The van der Waals surface area contributed by atoms with Crippen LogP contribution in [-0.2, 0) is 4.74 Å². The Kier molecular flexibility index (Phi) is 4.10. The topological polar surface area (TPSA) is 47.0 Å². The average Bonchev–Trinajstić information content (AvgIpc) is 2.38. The first-order chi connectivity index (χ1) is 8.70. The molecule has 0 spiro atoms. The Hall–Kier alpha value is -1.68. The number of anilines is 1. The second-order valence-corrected chi connectivity index (χ2v) is 4.70. The third-order valence-electron chi connectivity index (χ3n) is 2.95. The monoisotopic (exact) mass is 245 g/mol. The van der Waals surface area contributed by atoms with Gasteiger partial charge in [-0.25, -0.2) is 9.97 Å². The molecule has 1 aromatic heterocycles. The van der Waals surface area contributed by atoms with Crippen molar-refractivity contribution in [3.63, 3.8) is 0 Å². The third-order valence-corrected chi connectivity index (χ3v) is 2.95. The van der Waals surface area contributed by atoms with Crippen molar-refractivity contribution in [1.29, 1.82) is 0 Å². The maximum atomic E-state index is 5.21. The summed E-state index contributed by atoms with van der Waals surface area (Å²) in [4.78, 5) is 8.84. The van der Waals surface area contributed by atoms with Crippen molar-refractivity contribution in [1.82, 2.24) is 9.97 Å². The predicted molar refractivity (Wildman–Crippen MR) is 73.7 cm³/mol. The summed E-state index contributed by atoms with van der Waals surface area (Å²) in [5.74, 6) is 1.12. The van der Waals surface area contributed by atoms with Crippen LogP contribution in [-0.4, -0.2) is 29.7 Å². The third kappa shape index (κ3) is 2.96. The maximum Gasteiger partial charge on any atom is 0.223 e. The van der Waals surface area contributed by atoms with E-state index in [2.05, 4.69) is 29.1 Å². The van der Waals surface area contributed by atoms with Gasteiger partial charge in [0.1, 0.15) is 0 Å². The van der Waals surface area contributed by atoms with E-state index >= 15 is 0 Å². The van der Waals surface area contributed by atoms with Crippen LogP contribution in [0.15, 0.2) is 30.5 Å². The smallest absolute Gasteiger partial charge is 0.223 e. The zero-order chi connectivity index (χ0) is 13.0. The molecular weight excluding hydrogens is 226 g/mol. The fraction of sp³-hybridized carbons (Fsp3) is 0.429. The van der Waals surface area contributed by atoms with Gasteiger partial charge in [-0.15, -0.1) is 0 Å². The van der Waals surface area contributed by atoms with E-state index in [9.17, 15) is 0 Å². The number of nitrogens with one attached hydrogen (secondary N) is 1. The molecule has 0 bridgehead atoms. The van der Waals surface area contributed by atoms with Crippen molar-refractivity contribution >= 4 is 16.9 Å². The SMILES string of the molecule is COCC(Nc1ncc2ccccc2n1)C(C)C. The zero-order valence-corrected chi connectivity index (χ0v) is 11.1. The maximum absolute atomic E-state index is 5.21. The molecule has 0 aliphatic rings. The standard InChI is InChI=1S/C14H19N3O/c1-10(2)13(9-18-3)17-14-15-8-11-6-4-5-7-12(11)16-14/h4-8,10,13H,9H2,1-3H3,(H,15,16,17). The molecule has 0 saturated carbocycles. The lowest BCUT2D eigenvalue weighted by atomic mass is 10.1. The highest BCUT2D eigenvalue weighted by Crippen LogP contribution is 2.14. The van der Waals surface area contributed by atoms with Crippen molar-refractivity contribution in [2.75, 3.05) is 19.0 Å². The van der Waals surface area contributed by atoms with E-state index in [1.54, 1.807) is 7.11 Å². The Balaban J connectivity index is 2.20. The van der Waals surface area contributed by atoms with Gasteiger partial charge in [0.2, 0.25) is 5.95 Å². The number of fused-ring (bicyclic) bond motifs is 1. The summed E-state index contributed by atoms with van der Waals surface area (Å²) in [6.07, 6.45) is 1.84. The van der Waals surface area contributed by atoms with Gasteiger partial charge >= 0.3 is 0 Å². The molecule has 0 aliphatic carbocycles. The minimum Gasteiger partial charge on any atom is -0.383 e. The molecule has 0 aliphatic heterocycles. The summed E-state index contributed by atoms with van der Waals surface area (Å²) in [5.41, 5.74) is 0.954. The largest absolute Gasteiger partial charge is 0.383 e. The van der Waals surface area contributed by atoms with Gasteiger partial charge in [0, 0.05) is 18.7 Å². The fourth-order valence-electron chi connectivity index (χ4n) is 1.79. The molecule has 0 radical (unpaired) electrons. The number of para-hydroxylation sites is 1. The number of nitrogens with zero attached hydrogens (tertiary/aromatic N) is 2. The number of methoxy groups -OCH3 is 1. The minimum atomic E-state index is 0.219. The number of benzene rings is 1. The number of hydrogen-bond acceptors (Lipinski definition) is 4.